The lowest BCUT2D eigenvalue weighted by atomic mass is 10.2. The van der Waals surface area contributed by atoms with Crippen LogP contribution in [0.15, 0.2) is 28.7 Å². The predicted molar refractivity (Wildman–Crippen MR) is 50.3 cm³/mol. The van der Waals surface area contributed by atoms with E-state index < -0.39 is 5.97 Å². The van der Waals surface area contributed by atoms with Crippen molar-refractivity contribution in [3.8, 4) is 5.75 Å². The van der Waals surface area contributed by atoms with Gasteiger partial charge < -0.3 is 10.2 Å². The fourth-order valence-corrected chi connectivity index (χ4v) is 1.18. The first-order valence-electron chi connectivity index (χ1n) is 3.47. The molecule has 1 aromatic carbocycles. The molecule has 3 nitrogen and oxygen atoms in total. The van der Waals surface area contributed by atoms with Crippen LogP contribution in [0.1, 0.15) is 5.56 Å². The Morgan fingerprint density at radius 3 is 2.77 bits per heavy atom. The third-order valence-corrected chi connectivity index (χ3v) is 1.99. The fraction of sp³-hybridized carbons (Fsp3) is 0. The van der Waals surface area contributed by atoms with Crippen LogP contribution in [-0.2, 0) is 4.79 Å². The van der Waals surface area contributed by atoms with E-state index in [0.29, 0.717) is 10.0 Å². The molecule has 1 aromatic rings. The highest BCUT2D eigenvalue weighted by atomic mass is 79.9. The van der Waals surface area contributed by atoms with Crippen molar-refractivity contribution in [2.45, 2.75) is 0 Å². The van der Waals surface area contributed by atoms with Crippen LogP contribution in [0.4, 0.5) is 0 Å². The molecule has 0 aliphatic carbocycles. The van der Waals surface area contributed by atoms with Gasteiger partial charge in [0.1, 0.15) is 0 Å². The SMILES string of the molecule is O=C(O)/C=C/c1ccc([O-])c(Br)c1. The quantitative estimate of drug-likeness (QED) is 0.801. The number of carboxylic acid groups (broad SMARTS) is 1. The average Bonchev–Trinajstić information content (AvgIpc) is 2.07. The molecular weight excluding hydrogens is 236 g/mol. The molecule has 0 fully saturated rings. The van der Waals surface area contributed by atoms with Crippen LogP contribution in [0.25, 0.3) is 6.08 Å². The van der Waals surface area contributed by atoms with Gasteiger partial charge in [0.05, 0.1) is 0 Å². The van der Waals surface area contributed by atoms with Gasteiger partial charge >= 0.3 is 5.97 Å². The molecule has 0 heterocycles. The second-order valence-corrected chi connectivity index (χ2v) is 3.22. The molecule has 1 rings (SSSR count). The van der Waals surface area contributed by atoms with Gasteiger partial charge in [0.15, 0.2) is 0 Å². The van der Waals surface area contributed by atoms with Gasteiger partial charge in [0.25, 0.3) is 0 Å². The third-order valence-electron chi connectivity index (χ3n) is 1.37. The molecule has 0 atom stereocenters. The Morgan fingerprint density at radius 1 is 1.54 bits per heavy atom. The smallest absolute Gasteiger partial charge is 0.328 e. The Morgan fingerprint density at radius 2 is 2.23 bits per heavy atom. The van der Waals surface area contributed by atoms with Crippen LogP contribution < -0.4 is 5.11 Å². The van der Waals surface area contributed by atoms with Gasteiger partial charge in [0, 0.05) is 10.5 Å². The molecule has 1 N–H and O–H groups in total. The Kier molecular flexibility index (Phi) is 3.08. The Bertz CT molecular complexity index is 358. The lowest BCUT2D eigenvalue weighted by Crippen LogP contribution is -1.90. The minimum atomic E-state index is -1.01. The summed E-state index contributed by atoms with van der Waals surface area (Å²) in [4.78, 5) is 10.2. The van der Waals surface area contributed by atoms with Crippen LogP contribution in [0, 0.1) is 0 Å². The van der Waals surface area contributed by atoms with E-state index >= 15 is 0 Å². The zero-order valence-corrected chi connectivity index (χ0v) is 8.11. The molecule has 0 radical (unpaired) electrons. The molecule has 13 heavy (non-hydrogen) atoms. The summed E-state index contributed by atoms with van der Waals surface area (Å²) < 4.78 is 0.431. The van der Waals surface area contributed by atoms with Crippen molar-refractivity contribution in [3.05, 3.63) is 34.3 Å². The van der Waals surface area contributed by atoms with Crippen molar-refractivity contribution < 1.29 is 15.0 Å². The van der Waals surface area contributed by atoms with Crippen LogP contribution >= 0.6 is 15.9 Å². The molecule has 0 aliphatic heterocycles. The van der Waals surface area contributed by atoms with Crippen molar-refractivity contribution in [1.82, 2.24) is 0 Å². The van der Waals surface area contributed by atoms with Crippen LogP contribution in [0.3, 0.4) is 0 Å². The second-order valence-electron chi connectivity index (χ2n) is 2.36. The lowest BCUT2D eigenvalue weighted by molar-refractivity contribution is -0.269. The largest absolute Gasteiger partial charge is 0.872 e. The highest BCUT2D eigenvalue weighted by molar-refractivity contribution is 9.10. The highest BCUT2D eigenvalue weighted by Gasteiger charge is 1.92. The van der Waals surface area contributed by atoms with Crippen molar-refractivity contribution in [1.29, 1.82) is 0 Å². The molecule has 0 unspecified atom stereocenters. The summed E-state index contributed by atoms with van der Waals surface area (Å²) in [6, 6.07) is 4.51. The first kappa shape index (κ1) is 9.80. The first-order valence-corrected chi connectivity index (χ1v) is 4.26. The third kappa shape index (κ3) is 2.91. The normalized spacial score (nSPS) is 10.5. The molecule has 0 aromatic heterocycles. The maximum atomic E-state index is 10.9. The summed E-state index contributed by atoms with van der Waals surface area (Å²) in [6.07, 6.45) is 2.44. The minimum absolute atomic E-state index is 0.118. The molecule has 0 amide bonds. The Hall–Kier alpha value is -1.29. The van der Waals surface area contributed by atoms with E-state index in [1.54, 1.807) is 12.1 Å². The first-order chi connectivity index (χ1) is 6.09. The van der Waals surface area contributed by atoms with Crippen molar-refractivity contribution in [2.24, 2.45) is 0 Å². The number of carbonyl (C=O) groups is 1. The number of aliphatic carboxylic acids is 1. The molecule has 0 bridgehead atoms. The molecule has 68 valence electrons. The standard InChI is InChI=1S/C9H7BrO3/c10-7-5-6(1-3-8(7)11)2-4-9(12)13/h1-5,11H,(H,12,13)/p-1/b4-2+. The molecular formula is C9H6BrO3-. The van der Waals surface area contributed by atoms with E-state index in [9.17, 15) is 9.90 Å². The van der Waals surface area contributed by atoms with E-state index in [1.807, 2.05) is 0 Å². The van der Waals surface area contributed by atoms with Crippen molar-refractivity contribution in [3.63, 3.8) is 0 Å². The predicted octanol–water partition coefficient (Wildman–Crippen LogP) is 1.62. The second kappa shape index (κ2) is 4.09. The van der Waals surface area contributed by atoms with Gasteiger partial charge in [-0.05, 0) is 17.7 Å². The summed E-state index contributed by atoms with van der Waals surface area (Å²) in [5.41, 5.74) is 0.675. The molecule has 4 heteroatoms. The van der Waals surface area contributed by atoms with Gasteiger partial charge in [0.2, 0.25) is 0 Å². The number of rotatable bonds is 2. The maximum Gasteiger partial charge on any atom is 0.328 e. The number of hydrogen-bond acceptors (Lipinski definition) is 2. The van der Waals surface area contributed by atoms with Crippen LogP contribution in [-0.4, -0.2) is 11.1 Å². The summed E-state index contributed by atoms with van der Waals surface area (Å²) >= 11 is 3.06. The van der Waals surface area contributed by atoms with E-state index in [0.717, 1.165) is 6.08 Å². The van der Waals surface area contributed by atoms with Gasteiger partial charge in [-0.15, -0.1) is 0 Å². The van der Waals surface area contributed by atoms with Crippen LogP contribution in [0.5, 0.6) is 5.75 Å². The number of hydrogen-bond donors (Lipinski definition) is 1. The average molecular weight is 242 g/mol. The molecule has 0 saturated carbocycles. The maximum absolute atomic E-state index is 10.9. The van der Waals surface area contributed by atoms with E-state index in [-0.39, 0.29) is 5.75 Å². The summed E-state index contributed by atoms with van der Waals surface area (Å²) in [5, 5.41) is 19.3. The van der Waals surface area contributed by atoms with Gasteiger partial charge in [-0.25, -0.2) is 4.79 Å². The topological polar surface area (TPSA) is 60.4 Å². The molecule has 0 saturated heterocycles. The van der Waals surface area contributed by atoms with Gasteiger partial charge in [-0.1, -0.05) is 33.8 Å². The number of carboxylic acids is 1. The Labute approximate surface area is 83.5 Å². The summed E-state index contributed by atoms with van der Waals surface area (Å²) in [7, 11) is 0. The summed E-state index contributed by atoms with van der Waals surface area (Å²) in [6.45, 7) is 0. The van der Waals surface area contributed by atoms with E-state index in [2.05, 4.69) is 15.9 Å². The Balaban J connectivity index is 2.92. The fourth-order valence-electron chi connectivity index (χ4n) is 0.788. The van der Waals surface area contributed by atoms with Gasteiger partial charge in [-0.3, -0.25) is 0 Å². The van der Waals surface area contributed by atoms with E-state index in [1.165, 1.54) is 12.1 Å². The van der Waals surface area contributed by atoms with Crippen molar-refractivity contribution >= 4 is 28.0 Å². The minimum Gasteiger partial charge on any atom is -0.872 e. The molecule has 0 aliphatic rings. The highest BCUT2D eigenvalue weighted by Crippen LogP contribution is 2.22. The van der Waals surface area contributed by atoms with Gasteiger partial charge in [-0.2, -0.15) is 0 Å². The number of halogens is 1. The zero-order chi connectivity index (χ0) is 9.84. The van der Waals surface area contributed by atoms with Crippen molar-refractivity contribution in [2.75, 3.05) is 0 Å². The van der Waals surface area contributed by atoms with E-state index in [4.69, 9.17) is 5.11 Å². The zero-order valence-electron chi connectivity index (χ0n) is 6.53. The number of benzene rings is 1. The van der Waals surface area contributed by atoms with Crippen LogP contribution in [0.2, 0.25) is 0 Å². The monoisotopic (exact) mass is 241 g/mol. The summed E-state index contributed by atoms with van der Waals surface area (Å²) in [5.74, 6) is -1.13. The lowest BCUT2D eigenvalue weighted by Gasteiger charge is -2.07. The molecule has 0 spiro atoms.